The minimum atomic E-state index is -1.79. The molecule has 1 rings (SSSR count). The van der Waals surface area contributed by atoms with Gasteiger partial charge in [0.05, 0.1) is 6.10 Å². The van der Waals surface area contributed by atoms with Gasteiger partial charge in [0.25, 0.3) is 0 Å². The zero-order valence-electron chi connectivity index (χ0n) is 21.2. The van der Waals surface area contributed by atoms with E-state index in [0.29, 0.717) is 6.10 Å². The lowest BCUT2D eigenvalue weighted by Gasteiger charge is -2.39. The first-order valence-corrected chi connectivity index (χ1v) is 15.7. The summed E-state index contributed by atoms with van der Waals surface area (Å²) in [5.41, 5.74) is 1.43. The van der Waals surface area contributed by atoms with E-state index in [1.807, 2.05) is 0 Å². The van der Waals surface area contributed by atoms with E-state index in [-0.39, 0.29) is 23.5 Å². The van der Waals surface area contributed by atoms with E-state index in [9.17, 15) is 9.90 Å². The highest BCUT2D eigenvalue weighted by atomic mass is 28.4. The predicted octanol–water partition coefficient (Wildman–Crippen LogP) is 7.47. The van der Waals surface area contributed by atoms with Crippen molar-refractivity contribution < 1.29 is 19.4 Å². The van der Waals surface area contributed by atoms with Crippen LogP contribution < -0.4 is 0 Å². The van der Waals surface area contributed by atoms with E-state index < -0.39 is 14.3 Å². The number of carboxylic acid groups (broad SMARTS) is 1. The Hall–Kier alpha value is -0.653. The van der Waals surface area contributed by atoms with Gasteiger partial charge >= 0.3 is 5.97 Å². The highest BCUT2D eigenvalue weighted by Crippen LogP contribution is 2.39. The highest BCUT2D eigenvalue weighted by molar-refractivity contribution is 6.74. The van der Waals surface area contributed by atoms with Crippen molar-refractivity contribution in [2.75, 3.05) is 0 Å². The molecule has 0 heterocycles. The van der Waals surface area contributed by atoms with Crippen LogP contribution in [0.3, 0.4) is 0 Å². The number of carbonyl (C=O) groups is 1. The molecule has 1 aliphatic carbocycles. The molecule has 0 radical (unpaired) electrons. The van der Waals surface area contributed by atoms with E-state index in [0.717, 1.165) is 57.8 Å². The molecule has 0 unspecified atom stereocenters. The summed E-state index contributed by atoms with van der Waals surface area (Å²) in [4.78, 5) is 10.6. The van der Waals surface area contributed by atoms with Crippen molar-refractivity contribution in [3.8, 4) is 0 Å². The molecule has 31 heavy (non-hydrogen) atoms. The first-order valence-electron chi connectivity index (χ1n) is 12.7. The van der Waals surface area contributed by atoms with Crippen LogP contribution in [0.4, 0.5) is 0 Å². The summed E-state index contributed by atoms with van der Waals surface area (Å²) in [6.45, 7) is 13.9. The second kappa shape index (κ2) is 13.8. The van der Waals surface area contributed by atoms with Crippen molar-refractivity contribution in [2.45, 2.75) is 142 Å². The molecule has 3 atom stereocenters. The largest absolute Gasteiger partial charge is 0.481 e. The zero-order chi connectivity index (χ0) is 23.5. The molecule has 0 aromatic carbocycles. The molecule has 0 saturated carbocycles. The lowest BCUT2D eigenvalue weighted by molar-refractivity contribution is -0.137. The van der Waals surface area contributed by atoms with Crippen LogP contribution in [0.15, 0.2) is 11.6 Å². The molecule has 0 aromatic rings. The topological polar surface area (TPSA) is 66.8 Å². The van der Waals surface area contributed by atoms with Gasteiger partial charge in [-0.15, -0.1) is 0 Å². The number of hydrogen-bond acceptors (Lipinski definition) is 3. The standard InChI is InChI=1S/C26H50O4Si/c1-7-8-11-14-22(30-31(5,6)26(2,3)4)19-17-21-18-20-24(27)23(21)15-12-9-10-13-16-25(28)29/h18,22-24,27H,7-17,19-20H2,1-6H3,(H,28,29)/t22-,23+,24-/m0/s1. The third kappa shape index (κ3) is 10.7. The minimum Gasteiger partial charge on any atom is -0.481 e. The van der Waals surface area contributed by atoms with Crippen molar-refractivity contribution in [1.29, 1.82) is 0 Å². The van der Waals surface area contributed by atoms with Gasteiger partial charge < -0.3 is 14.6 Å². The average Bonchev–Trinajstić information content (AvgIpc) is 3.01. The SMILES string of the molecule is CCCCC[C@@H](CCC1=CC[C@H](O)[C@@H]1CCCCCCC(=O)O)O[Si](C)(C)C(C)(C)C. The molecule has 182 valence electrons. The Kier molecular flexibility index (Phi) is 12.6. The van der Waals surface area contributed by atoms with Gasteiger partial charge in [-0.25, -0.2) is 0 Å². The molecular formula is C26H50O4Si. The third-order valence-corrected chi connectivity index (χ3v) is 11.9. The van der Waals surface area contributed by atoms with E-state index in [1.165, 1.54) is 24.8 Å². The van der Waals surface area contributed by atoms with Gasteiger partial charge in [-0.05, 0) is 56.7 Å². The summed E-state index contributed by atoms with van der Waals surface area (Å²) in [6, 6.07) is 0. The lowest BCUT2D eigenvalue weighted by atomic mass is 9.89. The van der Waals surface area contributed by atoms with E-state index >= 15 is 0 Å². The van der Waals surface area contributed by atoms with Crippen LogP contribution in [-0.4, -0.2) is 36.7 Å². The Morgan fingerprint density at radius 3 is 2.42 bits per heavy atom. The van der Waals surface area contributed by atoms with Crippen LogP contribution in [0.5, 0.6) is 0 Å². The molecule has 0 spiro atoms. The summed E-state index contributed by atoms with van der Waals surface area (Å²) in [6.07, 6.45) is 15.2. The zero-order valence-corrected chi connectivity index (χ0v) is 22.2. The van der Waals surface area contributed by atoms with Crippen molar-refractivity contribution in [2.24, 2.45) is 5.92 Å². The van der Waals surface area contributed by atoms with E-state index in [1.54, 1.807) is 0 Å². The third-order valence-electron chi connectivity index (χ3n) is 7.37. The quantitative estimate of drug-likeness (QED) is 0.144. The van der Waals surface area contributed by atoms with Gasteiger partial charge in [0.1, 0.15) is 0 Å². The van der Waals surface area contributed by atoms with Crippen LogP contribution in [0.25, 0.3) is 0 Å². The van der Waals surface area contributed by atoms with Gasteiger partial charge in [-0.2, -0.15) is 0 Å². The van der Waals surface area contributed by atoms with Gasteiger partial charge in [0, 0.05) is 18.4 Å². The maximum absolute atomic E-state index is 10.6. The Morgan fingerprint density at radius 2 is 1.81 bits per heavy atom. The molecule has 1 aliphatic rings. The van der Waals surface area contributed by atoms with Crippen LogP contribution in [0.2, 0.25) is 18.1 Å². The summed E-state index contributed by atoms with van der Waals surface area (Å²) >= 11 is 0. The van der Waals surface area contributed by atoms with E-state index in [2.05, 4.69) is 46.9 Å². The van der Waals surface area contributed by atoms with Crippen molar-refractivity contribution in [1.82, 2.24) is 0 Å². The van der Waals surface area contributed by atoms with E-state index in [4.69, 9.17) is 9.53 Å². The summed E-state index contributed by atoms with van der Waals surface area (Å²) in [5.74, 6) is -0.423. The Balaban J connectivity index is 2.56. The molecule has 0 fully saturated rings. The second-order valence-corrected chi connectivity index (χ2v) is 15.8. The average molecular weight is 455 g/mol. The number of aliphatic hydroxyl groups excluding tert-OH is 1. The second-order valence-electron chi connectivity index (χ2n) is 11.1. The number of aliphatic hydroxyl groups is 1. The number of aliphatic carboxylic acids is 1. The molecule has 0 aliphatic heterocycles. The van der Waals surface area contributed by atoms with Crippen LogP contribution >= 0.6 is 0 Å². The Bertz CT molecular complexity index is 550. The molecule has 0 saturated heterocycles. The molecule has 0 amide bonds. The number of hydrogen-bond donors (Lipinski definition) is 2. The first kappa shape index (κ1) is 28.4. The minimum absolute atomic E-state index is 0.224. The van der Waals surface area contributed by atoms with Crippen molar-refractivity contribution in [3.63, 3.8) is 0 Å². The van der Waals surface area contributed by atoms with Crippen molar-refractivity contribution >= 4 is 14.3 Å². The maximum Gasteiger partial charge on any atom is 0.303 e. The summed E-state index contributed by atoms with van der Waals surface area (Å²) in [7, 11) is -1.79. The van der Waals surface area contributed by atoms with Crippen LogP contribution in [-0.2, 0) is 9.22 Å². The Labute approximate surface area is 193 Å². The summed E-state index contributed by atoms with van der Waals surface area (Å²) in [5, 5.41) is 19.5. The fourth-order valence-electron chi connectivity index (χ4n) is 4.30. The smallest absolute Gasteiger partial charge is 0.303 e. The summed E-state index contributed by atoms with van der Waals surface area (Å²) < 4.78 is 6.82. The molecule has 0 aromatic heterocycles. The fraction of sp³-hybridized carbons (Fsp3) is 0.885. The molecule has 4 nitrogen and oxygen atoms in total. The molecular weight excluding hydrogens is 404 g/mol. The fourth-order valence-corrected chi connectivity index (χ4v) is 5.72. The molecule has 0 bridgehead atoms. The normalized spacial score (nSPS) is 20.7. The highest BCUT2D eigenvalue weighted by Gasteiger charge is 2.39. The number of unbranched alkanes of at least 4 members (excludes halogenated alkanes) is 5. The Morgan fingerprint density at radius 1 is 1.13 bits per heavy atom. The predicted molar refractivity (Wildman–Crippen MR) is 133 cm³/mol. The lowest BCUT2D eigenvalue weighted by Crippen LogP contribution is -2.44. The van der Waals surface area contributed by atoms with Crippen LogP contribution in [0.1, 0.15) is 111 Å². The number of carboxylic acids is 1. The monoisotopic (exact) mass is 454 g/mol. The first-order chi connectivity index (χ1) is 14.5. The number of rotatable bonds is 16. The van der Waals surface area contributed by atoms with Crippen molar-refractivity contribution in [3.05, 3.63) is 11.6 Å². The van der Waals surface area contributed by atoms with Gasteiger partial charge in [-0.3, -0.25) is 4.79 Å². The van der Waals surface area contributed by atoms with Gasteiger partial charge in [0.2, 0.25) is 0 Å². The van der Waals surface area contributed by atoms with Crippen LogP contribution in [0, 0.1) is 5.92 Å². The maximum atomic E-state index is 10.6. The van der Waals surface area contributed by atoms with Gasteiger partial charge in [-0.1, -0.05) is 77.9 Å². The molecule has 2 N–H and O–H groups in total. The molecule has 5 heteroatoms. The van der Waals surface area contributed by atoms with Gasteiger partial charge in [0.15, 0.2) is 8.32 Å².